The summed E-state index contributed by atoms with van der Waals surface area (Å²) < 4.78 is 5.23. The van der Waals surface area contributed by atoms with Crippen molar-refractivity contribution in [2.24, 2.45) is 11.3 Å². The molecule has 2 unspecified atom stereocenters. The molecular formula is C15H17NO2. The normalized spacial score (nSPS) is 21.8. The number of nitrogens with zero attached hydrogens (tertiary/aromatic N) is 1. The average molecular weight is 243 g/mol. The van der Waals surface area contributed by atoms with Gasteiger partial charge >= 0.3 is 0 Å². The van der Waals surface area contributed by atoms with Gasteiger partial charge in [0.25, 0.3) is 0 Å². The second kappa shape index (κ2) is 4.45. The first-order valence-electron chi connectivity index (χ1n) is 6.07. The average Bonchev–Trinajstić information content (AvgIpc) is 3.00. The quantitative estimate of drug-likeness (QED) is 0.817. The molecule has 0 heterocycles. The van der Waals surface area contributed by atoms with Crippen LogP contribution in [-0.4, -0.2) is 12.9 Å². The summed E-state index contributed by atoms with van der Waals surface area (Å²) in [5.74, 6) is -0.0807. The van der Waals surface area contributed by atoms with E-state index in [9.17, 15) is 10.1 Å². The van der Waals surface area contributed by atoms with E-state index in [2.05, 4.69) is 19.9 Å². The molecule has 0 radical (unpaired) electrons. The van der Waals surface area contributed by atoms with Gasteiger partial charge in [-0.2, -0.15) is 5.26 Å². The molecular weight excluding hydrogens is 226 g/mol. The predicted octanol–water partition coefficient (Wildman–Crippen LogP) is 2.92. The van der Waals surface area contributed by atoms with Gasteiger partial charge in [0, 0.05) is 11.5 Å². The number of hydrogen-bond acceptors (Lipinski definition) is 3. The van der Waals surface area contributed by atoms with Gasteiger partial charge < -0.3 is 4.74 Å². The van der Waals surface area contributed by atoms with Gasteiger partial charge in [-0.25, -0.2) is 0 Å². The van der Waals surface area contributed by atoms with E-state index < -0.39 is 5.92 Å². The molecule has 1 aromatic rings. The Hall–Kier alpha value is -1.82. The number of Topliss-reactive ketones (excluding diaryl/α,β-unsaturated/α-hetero) is 1. The van der Waals surface area contributed by atoms with Gasteiger partial charge in [-0.1, -0.05) is 32.0 Å². The highest BCUT2D eigenvalue weighted by atomic mass is 16.5. The summed E-state index contributed by atoms with van der Waals surface area (Å²) >= 11 is 0. The monoisotopic (exact) mass is 243 g/mol. The molecule has 1 aliphatic carbocycles. The molecule has 1 saturated carbocycles. The molecule has 3 heteroatoms. The largest absolute Gasteiger partial charge is 0.496 e. The number of methoxy groups -OCH3 is 1. The molecule has 2 rings (SSSR count). The van der Waals surface area contributed by atoms with Crippen LogP contribution in [0.15, 0.2) is 24.3 Å². The molecule has 1 aliphatic rings. The van der Waals surface area contributed by atoms with E-state index in [4.69, 9.17) is 4.74 Å². The summed E-state index contributed by atoms with van der Waals surface area (Å²) in [6, 6.07) is 9.36. The Bertz CT molecular complexity index is 513. The Labute approximate surface area is 107 Å². The van der Waals surface area contributed by atoms with Gasteiger partial charge in [-0.15, -0.1) is 0 Å². The lowest BCUT2D eigenvalue weighted by Crippen LogP contribution is -2.16. The number of ketones is 1. The Kier molecular flexibility index (Phi) is 3.13. The summed E-state index contributed by atoms with van der Waals surface area (Å²) in [7, 11) is 1.55. The van der Waals surface area contributed by atoms with Crippen LogP contribution in [0.5, 0.6) is 5.75 Å². The number of carbonyl (C=O) groups excluding carboxylic acids is 1. The van der Waals surface area contributed by atoms with Gasteiger partial charge in [0.15, 0.2) is 5.78 Å². The third-order valence-corrected chi connectivity index (χ3v) is 3.72. The maximum Gasteiger partial charge on any atom is 0.158 e. The first-order chi connectivity index (χ1) is 8.51. The number of rotatable bonds is 4. The van der Waals surface area contributed by atoms with Crippen LogP contribution in [0.2, 0.25) is 0 Å². The minimum Gasteiger partial charge on any atom is -0.496 e. The van der Waals surface area contributed by atoms with E-state index >= 15 is 0 Å². The van der Waals surface area contributed by atoms with Crippen LogP contribution in [0, 0.1) is 22.7 Å². The summed E-state index contributed by atoms with van der Waals surface area (Å²) in [6.45, 7) is 4.12. The fourth-order valence-electron chi connectivity index (χ4n) is 2.35. The third kappa shape index (κ3) is 2.11. The van der Waals surface area contributed by atoms with Crippen molar-refractivity contribution in [1.29, 1.82) is 5.26 Å². The molecule has 0 N–H and O–H groups in total. The zero-order valence-electron chi connectivity index (χ0n) is 10.9. The lowest BCUT2D eigenvalue weighted by atomic mass is 9.90. The van der Waals surface area contributed by atoms with E-state index in [1.807, 2.05) is 12.1 Å². The second-order valence-electron chi connectivity index (χ2n) is 5.45. The first-order valence-corrected chi connectivity index (χ1v) is 6.07. The van der Waals surface area contributed by atoms with Crippen molar-refractivity contribution in [3.63, 3.8) is 0 Å². The summed E-state index contributed by atoms with van der Waals surface area (Å²) in [5, 5.41) is 9.29. The van der Waals surface area contributed by atoms with Crippen molar-refractivity contribution in [2.75, 3.05) is 7.11 Å². The van der Waals surface area contributed by atoms with E-state index in [-0.39, 0.29) is 17.1 Å². The molecule has 0 saturated heterocycles. The number of carbonyl (C=O) groups is 1. The number of ether oxygens (including phenoxy) is 1. The third-order valence-electron chi connectivity index (χ3n) is 3.72. The van der Waals surface area contributed by atoms with Crippen LogP contribution in [0.3, 0.4) is 0 Å². The summed E-state index contributed by atoms with van der Waals surface area (Å²) in [6.07, 6.45) is 0.874. The summed E-state index contributed by atoms with van der Waals surface area (Å²) in [5.41, 5.74) is 0.726. The van der Waals surface area contributed by atoms with Crippen LogP contribution in [0.25, 0.3) is 0 Å². The fourth-order valence-corrected chi connectivity index (χ4v) is 2.35. The van der Waals surface area contributed by atoms with Crippen molar-refractivity contribution in [2.45, 2.75) is 26.2 Å². The minimum atomic E-state index is -0.715. The van der Waals surface area contributed by atoms with Crippen LogP contribution >= 0.6 is 0 Å². The summed E-state index contributed by atoms with van der Waals surface area (Å²) in [4.78, 5) is 12.3. The standard InChI is InChI=1S/C15H17NO2/c1-15(2)8-12(15)14(17)11(9-16)10-6-4-5-7-13(10)18-3/h4-7,11-12H,8H2,1-3H3. The lowest BCUT2D eigenvalue weighted by Gasteiger charge is -2.13. The van der Waals surface area contributed by atoms with Crippen LogP contribution in [0.1, 0.15) is 31.7 Å². The molecule has 0 aliphatic heterocycles. The molecule has 94 valence electrons. The maximum absolute atomic E-state index is 12.3. The van der Waals surface area contributed by atoms with Crippen molar-refractivity contribution < 1.29 is 9.53 Å². The van der Waals surface area contributed by atoms with E-state index in [0.29, 0.717) is 11.3 Å². The molecule has 3 nitrogen and oxygen atoms in total. The highest BCUT2D eigenvalue weighted by molar-refractivity contribution is 5.93. The van der Waals surface area contributed by atoms with Crippen molar-refractivity contribution in [3.05, 3.63) is 29.8 Å². The SMILES string of the molecule is COc1ccccc1C(C#N)C(=O)C1CC1(C)C. The zero-order chi connectivity index (χ0) is 13.3. The van der Waals surface area contributed by atoms with Crippen molar-refractivity contribution in [3.8, 4) is 11.8 Å². The number of benzene rings is 1. The molecule has 0 amide bonds. The Morgan fingerprint density at radius 3 is 2.61 bits per heavy atom. The highest BCUT2D eigenvalue weighted by Gasteiger charge is 2.52. The zero-order valence-corrected chi connectivity index (χ0v) is 10.9. The fraction of sp³-hybridized carbons (Fsp3) is 0.467. The Morgan fingerprint density at radius 1 is 1.50 bits per heavy atom. The van der Waals surface area contributed by atoms with Crippen molar-refractivity contribution >= 4 is 5.78 Å². The van der Waals surface area contributed by atoms with E-state index in [1.54, 1.807) is 19.2 Å². The Morgan fingerprint density at radius 2 is 2.11 bits per heavy atom. The Balaban J connectivity index is 2.30. The molecule has 0 aromatic heterocycles. The van der Waals surface area contributed by atoms with Crippen LogP contribution in [0.4, 0.5) is 0 Å². The van der Waals surface area contributed by atoms with Crippen LogP contribution < -0.4 is 4.74 Å². The minimum absolute atomic E-state index is 0.00654. The molecule has 18 heavy (non-hydrogen) atoms. The predicted molar refractivity (Wildman–Crippen MR) is 68.2 cm³/mol. The topological polar surface area (TPSA) is 50.1 Å². The molecule has 0 spiro atoms. The highest BCUT2D eigenvalue weighted by Crippen LogP contribution is 2.54. The van der Waals surface area contributed by atoms with Gasteiger partial charge in [0.05, 0.1) is 13.2 Å². The molecule has 1 fully saturated rings. The molecule has 0 bridgehead atoms. The molecule has 2 atom stereocenters. The first kappa shape index (κ1) is 12.6. The van der Waals surface area contributed by atoms with Gasteiger partial charge in [-0.3, -0.25) is 4.79 Å². The number of para-hydroxylation sites is 1. The van der Waals surface area contributed by atoms with E-state index in [0.717, 1.165) is 6.42 Å². The lowest BCUT2D eigenvalue weighted by molar-refractivity contribution is -0.121. The molecule has 1 aromatic carbocycles. The second-order valence-corrected chi connectivity index (χ2v) is 5.45. The van der Waals surface area contributed by atoms with Gasteiger partial charge in [0.1, 0.15) is 11.7 Å². The van der Waals surface area contributed by atoms with Crippen molar-refractivity contribution in [1.82, 2.24) is 0 Å². The maximum atomic E-state index is 12.3. The van der Waals surface area contributed by atoms with E-state index in [1.165, 1.54) is 0 Å². The van der Waals surface area contributed by atoms with Crippen LogP contribution in [-0.2, 0) is 4.79 Å². The number of hydrogen-bond donors (Lipinski definition) is 0. The number of nitriles is 1. The van der Waals surface area contributed by atoms with Gasteiger partial charge in [0.2, 0.25) is 0 Å². The smallest absolute Gasteiger partial charge is 0.158 e. The van der Waals surface area contributed by atoms with Gasteiger partial charge in [-0.05, 0) is 17.9 Å².